The number of nitrogens with zero attached hydrogens (tertiary/aromatic N) is 1. The second-order valence-corrected chi connectivity index (χ2v) is 6.43. The molecule has 0 aliphatic carbocycles. The van der Waals surface area contributed by atoms with Gasteiger partial charge in [0.1, 0.15) is 0 Å². The smallest absolute Gasteiger partial charge is 0.311 e. The quantitative estimate of drug-likeness (QED) is 0.805. The van der Waals surface area contributed by atoms with E-state index in [1.54, 1.807) is 0 Å². The summed E-state index contributed by atoms with van der Waals surface area (Å²) in [7, 11) is 0. The average molecular weight is 374 g/mol. The molecule has 3 rings (SSSR count). The van der Waals surface area contributed by atoms with Crippen LogP contribution < -0.4 is 11.1 Å². The molecule has 0 radical (unpaired) electrons. The molecule has 26 heavy (non-hydrogen) atoms. The SMILES string of the molecule is Cl.N[C@@H]1CCN(C(=O)C(=O)NC(Cc2ccccc2)c2ccccc2)C1. The van der Waals surface area contributed by atoms with Gasteiger partial charge in [0, 0.05) is 19.1 Å². The predicted octanol–water partition coefficient (Wildman–Crippen LogP) is 2.07. The van der Waals surface area contributed by atoms with Crippen molar-refractivity contribution in [2.75, 3.05) is 13.1 Å². The van der Waals surface area contributed by atoms with Crippen LogP contribution in [0.3, 0.4) is 0 Å². The van der Waals surface area contributed by atoms with Crippen LogP contribution in [0, 0.1) is 0 Å². The summed E-state index contributed by atoms with van der Waals surface area (Å²) in [5, 5.41) is 2.90. The molecule has 6 heteroatoms. The van der Waals surface area contributed by atoms with Gasteiger partial charge in [0.25, 0.3) is 0 Å². The first-order valence-electron chi connectivity index (χ1n) is 8.57. The van der Waals surface area contributed by atoms with Crippen LogP contribution in [0.1, 0.15) is 23.6 Å². The molecule has 0 spiro atoms. The lowest BCUT2D eigenvalue weighted by Crippen LogP contribution is -2.44. The Hall–Kier alpha value is -2.37. The maximum Gasteiger partial charge on any atom is 0.311 e. The zero-order valence-corrected chi connectivity index (χ0v) is 15.3. The van der Waals surface area contributed by atoms with Gasteiger partial charge in [-0.05, 0) is 24.0 Å². The van der Waals surface area contributed by atoms with E-state index in [0.29, 0.717) is 19.5 Å². The Labute approximate surface area is 160 Å². The van der Waals surface area contributed by atoms with E-state index in [0.717, 1.165) is 17.5 Å². The molecule has 1 fully saturated rings. The first-order chi connectivity index (χ1) is 12.1. The Morgan fingerprint density at radius 2 is 1.69 bits per heavy atom. The average Bonchev–Trinajstić information content (AvgIpc) is 3.08. The fourth-order valence-corrected chi connectivity index (χ4v) is 3.12. The van der Waals surface area contributed by atoms with Crippen molar-refractivity contribution in [3.63, 3.8) is 0 Å². The van der Waals surface area contributed by atoms with E-state index < -0.39 is 11.8 Å². The Kier molecular flexibility index (Phi) is 7.18. The standard InChI is InChI=1S/C20H23N3O2.ClH/c21-17-11-12-23(14-17)20(25)19(24)22-18(16-9-5-2-6-10-16)13-15-7-3-1-4-8-15;/h1-10,17-18H,11-14,21H2,(H,22,24);1H/t17-,18?;/m1./s1. The molecule has 0 saturated carbocycles. The predicted molar refractivity (Wildman–Crippen MR) is 104 cm³/mol. The van der Waals surface area contributed by atoms with Gasteiger partial charge < -0.3 is 16.0 Å². The van der Waals surface area contributed by atoms with E-state index in [4.69, 9.17) is 5.73 Å². The van der Waals surface area contributed by atoms with Crippen molar-refractivity contribution < 1.29 is 9.59 Å². The number of carbonyl (C=O) groups excluding carboxylic acids is 2. The number of nitrogens with one attached hydrogen (secondary N) is 1. The minimum atomic E-state index is -0.570. The van der Waals surface area contributed by atoms with E-state index in [1.165, 1.54) is 4.90 Å². The van der Waals surface area contributed by atoms with Crippen molar-refractivity contribution in [2.45, 2.75) is 24.9 Å². The van der Waals surface area contributed by atoms with Crippen molar-refractivity contribution in [3.05, 3.63) is 71.8 Å². The molecule has 2 atom stereocenters. The van der Waals surface area contributed by atoms with E-state index in [-0.39, 0.29) is 24.5 Å². The van der Waals surface area contributed by atoms with Crippen molar-refractivity contribution in [3.8, 4) is 0 Å². The topological polar surface area (TPSA) is 75.4 Å². The molecule has 5 nitrogen and oxygen atoms in total. The third-order valence-corrected chi connectivity index (χ3v) is 4.50. The molecule has 1 aliphatic heterocycles. The summed E-state index contributed by atoms with van der Waals surface area (Å²) in [6.45, 7) is 0.989. The number of amides is 2. The second-order valence-electron chi connectivity index (χ2n) is 6.43. The second kappa shape index (κ2) is 9.36. The first kappa shape index (κ1) is 19.9. The van der Waals surface area contributed by atoms with E-state index >= 15 is 0 Å². The minimum absolute atomic E-state index is 0. The van der Waals surface area contributed by atoms with Crippen molar-refractivity contribution in [1.29, 1.82) is 0 Å². The summed E-state index contributed by atoms with van der Waals surface area (Å²) in [6, 6.07) is 19.4. The number of hydrogen-bond acceptors (Lipinski definition) is 3. The van der Waals surface area contributed by atoms with Crippen LogP contribution in [0.15, 0.2) is 60.7 Å². The van der Waals surface area contributed by atoms with Gasteiger partial charge in [-0.2, -0.15) is 0 Å². The molecule has 0 aromatic heterocycles. The maximum atomic E-state index is 12.5. The number of benzene rings is 2. The molecule has 1 saturated heterocycles. The third kappa shape index (κ3) is 5.07. The molecule has 2 aromatic carbocycles. The summed E-state index contributed by atoms with van der Waals surface area (Å²) < 4.78 is 0. The fourth-order valence-electron chi connectivity index (χ4n) is 3.12. The molecule has 1 heterocycles. The van der Waals surface area contributed by atoms with E-state index in [1.807, 2.05) is 60.7 Å². The molecule has 2 aromatic rings. The number of nitrogens with two attached hydrogens (primary N) is 1. The van der Waals surface area contributed by atoms with Crippen molar-refractivity contribution in [1.82, 2.24) is 10.2 Å². The van der Waals surface area contributed by atoms with Gasteiger partial charge in [0.2, 0.25) is 0 Å². The normalized spacial score (nSPS) is 17.3. The van der Waals surface area contributed by atoms with Crippen LogP contribution in [-0.2, 0) is 16.0 Å². The molecule has 1 unspecified atom stereocenters. The summed E-state index contributed by atoms with van der Waals surface area (Å²) in [6.07, 6.45) is 1.37. The molecule has 0 bridgehead atoms. The van der Waals surface area contributed by atoms with Crippen LogP contribution in [0.2, 0.25) is 0 Å². The highest BCUT2D eigenvalue weighted by atomic mass is 35.5. The lowest BCUT2D eigenvalue weighted by atomic mass is 9.99. The largest absolute Gasteiger partial charge is 0.341 e. The lowest BCUT2D eigenvalue weighted by molar-refractivity contribution is -0.145. The van der Waals surface area contributed by atoms with Gasteiger partial charge in [-0.15, -0.1) is 12.4 Å². The zero-order chi connectivity index (χ0) is 17.6. The first-order valence-corrected chi connectivity index (χ1v) is 8.57. The number of carbonyl (C=O) groups is 2. The van der Waals surface area contributed by atoms with Crippen LogP contribution in [0.4, 0.5) is 0 Å². The van der Waals surface area contributed by atoms with E-state index in [9.17, 15) is 9.59 Å². The number of likely N-dealkylation sites (tertiary alicyclic amines) is 1. The van der Waals surface area contributed by atoms with E-state index in [2.05, 4.69) is 5.32 Å². The molecule has 1 aliphatic rings. The number of rotatable bonds is 4. The summed E-state index contributed by atoms with van der Waals surface area (Å²) in [5.74, 6) is -1.07. The third-order valence-electron chi connectivity index (χ3n) is 4.50. The van der Waals surface area contributed by atoms with Gasteiger partial charge in [-0.25, -0.2) is 0 Å². The Bertz CT molecular complexity index is 724. The molecule has 138 valence electrons. The maximum absolute atomic E-state index is 12.5. The Morgan fingerprint density at radius 1 is 1.08 bits per heavy atom. The number of hydrogen-bond donors (Lipinski definition) is 2. The van der Waals surface area contributed by atoms with Gasteiger partial charge in [-0.1, -0.05) is 60.7 Å². The fraction of sp³-hybridized carbons (Fsp3) is 0.300. The molecule has 3 N–H and O–H groups in total. The highest BCUT2D eigenvalue weighted by Crippen LogP contribution is 2.19. The van der Waals surface area contributed by atoms with Gasteiger partial charge in [0.15, 0.2) is 0 Å². The summed E-state index contributed by atoms with van der Waals surface area (Å²) in [4.78, 5) is 26.4. The van der Waals surface area contributed by atoms with Gasteiger partial charge >= 0.3 is 11.8 Å². The zero-order valence-electron chi connectivity index (χ0n) is 14.5. The van der Waals surface area contributed by atoms with Gasteiger partial charge in [-0.3, -0.25) is 9.59 Å². The van der Waals surface area contributed by atoms with Crippen LogP contribution in [-0.4, -0.2) is 35.8 Å². The summed E-state index contributed by atoms with van der Waals surface area (Å²) in [5.41, 5.74) is 7.91. The van der Waals surface area contributed by atoms with Crippen LogP contribution in [0.5, 0.6) is 0 Å². The number of halogens is 1. The van der Waals surface area contributed by atoms with Crippen LogP contribution in [0.25, 0.3) is 0 Å². The van der Waals surface area contributed by atoms with Crippen LogP contribution >= 0.6 is 12.4 Å². The monoisotopic (exact) mass is 373 g/mol. The van der Waals surface area contributed by atoms with Crippen molar-refractivity contribution in [2.24, 2.45) is 5.73 Å². The molecular weight excluding hydrogens is 350 g/mol. The lowest BCUT2D eigenvalue weighted by Gasteiger charge is -2.21. The Morgan fingerprint density at radius 3 is 2.27 bits per heavy atom. The van der Waals surface area contributed by atoms with Crippen molar-refractivity contribution >= 4 is 24.2 Å². The molecule has 2 amide bonds. The highest BCUT2D eigenvalue weighted by molar-refractivity contribution is 6.35. The summed E-state index contributed by atoms with van der Waals surface area (Å²) >= 11 is 0. The minimum Gasteiger partial charge on any atom is -0.341 e. The Balaban J connectivity index is 0.00000243. The highest BCUT2D eigenvalue weighted by Gasteiger charge is 2.29. The van der Waals surface area contributed by atoms with Gasteiger partial charge in [0.05, 0.1) is 6.04 Å². The molecular formula is C20H24ClN3O2.